The third-order valence-corrected chi connectivity index (χ3v) is 2.80. The lowest BCUT2D eigenvalue weighted by atomic mass is 10.1. The van der Waals surface area contributed by atoms with E-state index >= 15 is 0 Å². The van der Waals surface area contributed by atoms with Gasteiger partial charge >= 0.3 is 0 Å². The maximum absolute atomic E-state index is 5.80. The molecule has 0 fully saturated rings. The lowest BCUT2D eigenvalue weighted by Crippen LogP contribution is -2.32. The molecule has 16 heavy (non-hydrogen) atoms. The fourth-order valence-corrected chi connectivity index (χ4v) is 1.83. The van der Waals surface area contributed by atoms with E-state index in [-0.39, 0.29) is 6.04 Å². The van der Waals surface area contributed by atoms with E-state index in [0.29, 0.717) is 6.54 Å². The predicted molar refractivity (Wildman–Crippen MR) is 66.3 cm³/mol. The van der Waals surface area contributed by atoms with Crippen molar-refractivity contribution in [2.24, 2.45) is 5.73 Å². The second-order valence-electron chi connectivity index (χ2n) is 4.45. The highest BCUT2D eigenvalue weighted by molar-refractivity contribution is 5.12. The van der Waals surface area contributed by atoms with E-state index < -0.39 is 0 Å². The average Bonchev–Trinajstić information content (AvgIpc) is 2.71. The van der Waals surface area contributed by atoms with Gasteiger partial charge in [0.25, 0.3) is 0 Å². The van der Waals surface area contributed by atoms with Crippen LogP contribution in [0.25, 0.3) is 0 Å². The Morgan fingerprint density at radius 2 is 2.06 bits per heavy atom. The Morgan fingerprint density at radius 1 is 1.31 bits per heavy atom. The minimum atomic E-state index is 0.265. The Bertz CT molecular complexity index is 272. The van der Waals surface area contributed by atoms with E-state index in [4.69, 9.17) is 10.2 Å². The number of likely N-dealkylation sites (N-methyl/N-ethyl adjacent to an activating group) is 1. The van der Waals surface area contributed by atoms with Crippen molar-refractivity contribution in [3.8, 4) is 0 Å². The molecule has 1 rings (SSSR count). The highest BCUT2D eigenvalue weighted by Gasteiger charge is 2.15. The van der Waals surface area contributed by atoms with Crippen LogP contribution >= 0.6 is 0 Å². The first kappa shape index (κ1) is 13.2. The van der Waals surface area contributed by atoms with Gasteiger partial charge in [-0.3, -0.25) is 4.90 Å². The van der Waals surface area contributed by atoms with Crippen LogP contribution in [0.5, 0.6) is 0 Å². The van der Waals surface area contributed by atoms with E-state index in [1.54, 1.807) is 12.5 Å². The minimum Gasteiger partial charge on any atom is -0.472 e. The highest BCUT2D eigenvalue weighted by Crippen LogP contribution is 2.18. The normalized spacial score (nSPS) is 13.6. The lowest BCUT2D eigenvalue weighted by Gasteiger charge is -2.26. The first-order chi connectivity index (χ1) is 7.65. The Labute approximate surface area is 98.0 Å². The van der Waals surface area contributed by atoms with Crippen LogP contribution in [0.15, 0.2) is 23.0 Å². The summed E-state index contributed by atoms with van der Waals surface area (Å²) in [7, 11) is 6.30. The topological polar surface area (TPSA) is 45.6 Å². The summed E-state index contributed by atoms with van der Waals surface area (Å²) in [6.45, 7) is 2.77. The van der Waals surface area contributed by atoms with Crippen molar-refractivity contribution in [2.75, 3.05) is 40.8 Å². The van der Waals surface area contributed by atoms with Crippen LogP contribution in [0.3, 0.4) is 0 Å². The maximum Gasteiger partial charge on any atom is 0.0950 e. The van der Waals surface area contributed by atoms with Gasteiger partial charge in [0, 0.05) is 18.2 Å². The summed E-state index contributed by atoms with van der Waals surface area (Å²) >= 11 is 0. The SMILES string of the molecule is CN(C)CCCN(C)C(CN)c1ccoc1. The van der Waals surface area contributed by atoms with Crippen molar-refractivity contribution in [2.45, 2.75) is 12.5 Å². The summed E-state index contributed by atoms with van der Waals surface area (Å²) < 4.78 is 5.10. The molecule has 0 aromatic carbocycles. The standard InChI is InChI=1S/C12H23N3O/c1-14(2)6-4-7-15(3)12(9-13)11-5-8-16-10-11/h5,8,10,12H,4,6-7,9,13H2,1-3H3. The molecule has 0 bridgehead atoms. The van der Waals surface area contributed by atoms with Gasteiger partial charge in [-0.2, -0.15) is 0 Å². The fraction of sp³-hybridized carbons (Fsp3) is 0.667. The number of rotatable bonds is 7. The number of nitrogens with two attached hydrogens (primary N) is 1. The summed E-state index contributed by atoms with van der Waals surface area (Å²) in [5.74, 6) is 0. The van der Waals surface area contributed by atoms with Gasteiger partial charge in [0.05, 0.1) is 12.5 Å². The van der Waals surface area contributed by atoms with Crippen LogP contribution in [-0.2, 0) is 0 Å². The third kappa shape index (κ3) is 3.96. The Hall–Kier alpha value is -0.840. The van der Waals surface area contributed by atoms with E-state index in [0.717, 1.165) is 25.1 Å². The molecule has 2 N–H and O–H groups in total. The van der Waals surface area contributed by atoms with Crippen LogP contribution in [0.1, 0.15) is 18.0 Å². The zero-order valence-electron chi connectivity index (χ0n) is 10.5. The second-order valence-corrected chi connectivity index (χ2v) is 4.45. The molecule has 0 aliphatic rings. The fourth-order valence-electron chi connectivity index (χ4n) is 1.83. The van der Waals surface area contributed by atoms with Crippen molar-refractivity contribution in [3.63, 3.8) is 0 Å². The molecule has 0 aliphatic carbocycles. The number of hydrogen-bond donors (Lipinski definition) is 1. The molecule has 1 atom stereocenters. The van der Waals surface area contributed by atoms with Gasteiger partial charge in [0.1, 0.15) is 0 Å². The van der Waals surface area contributed by atoms with Crippen molar-refractivity contribution in [1.82, 2.24) is 9.80 Å². The number of nitrogens with zero attached hydrogens (tertiary/aromatic N) is 2. The molecule has 0 spiro atoms. The van der Waals surface area contributed by atoms with Crippen LogP contribution in [0.2, 0.25) is 0 Å². The van der Waals surface area contributed by atoms with Gasteiger partial charge < -0.3 is 15.1 Å². The van der Waals surface area contributed by atoms with E-state index in [1.807, 2.05) is 6.07 Å². The van der Waals surface area contributed by atoms with E-state index in [1.165, 1.54) is 0 Å². The van der Waals surface area contributed by atoms with Gasteiger partial charge in [0.2, 0.25) is 0 Å². The minimum absolute atomic E-state index is 0.265. The summed E-state index contributed by atoms with van der Waals surface area (Å²) in [6, 6.07) is 2.25. The van der Waals surface area contributed by atoms with Crippen molar-refractivity contribution < 1.29 is 4.42 Å². The van der Waals surface area contributed by atoms with Gasteiger partial charge in [0.15, 0.2) is 0 Å². The third-order valence-electron chi connectivity index (χ3n) is 2.80. The van der Waals surface area contributed by atoms with Crippen LogP contribution in [-0.4, -0.2) is 50.6 Å². The van der Waals surface area contributed by atoms with Crippen LogP contribution < -0.4 is 5.73 Å². The molecule has 0 aliphatic heterocycles. The van der Waals surface area contributed by atoms with E-state index in [9.17, 15) is 0 Å². The Balaban J connectivity index is 2.41. The molecule has 1 unspecified atom stereocenters. The largest absolute Gasteiger partial charge is 0.472 e. The van der Waals surface area contributed by atoms with Crippen molar-refractivity contribution in [1.29, 1.82) is 0 Å². The zero-order chi connectivity index (χ0) is 12.0. The maximum atomic E-state index is 5.80. The molecule has 0 saturated carbocycles. The molecule has 0 radical (unpaired) electrons. The molecular formula is C12H23N3O. The monoisotopic (exact) mass is 225 g/mol. The first-order valence-corrected chi connectivity index (χ1v) is 5.72. The Morgan fingerprint density at radius 3 is 2.56 bits per heavy atom. The molecule has 92 valence electrons. The van der Waals surface area contributed by atoms with Crippen molar-refractivity contribution in [3.05, 3.63) is 24.2 Å². The molecule has 0 saturated heterocycles. The molecule has 1 aromatic heterocycles. The number of hydrogen-bond acceptors (Lipinski definition) is 4. The van der Waals surface area contributed by atoms with Gasteiger partial charge in [-0.05, 0) is 46.7 Å². The molecular weight excluding hydrogens is 202 g/mol. The molecule has 1 aromatic rings. The van der Waals surface area contributed by atoms with Crippen molar-refractivity contribution >= 4 is 0 Å². The summed E-state index contributed by atoms with van der Waals surface area (Å²) in [5, 5.41) is 0. The van der Waals surface area contributed by atoms with E-state index in [2.05, 4.69) is 30.9 Å². The average molecular weight is 225 g/mol. The van der Waals surface area contributed by atoms with Crippen LogP contribution in [0, 0.1) is 0 Å². The lowest BCUT2D eigenvalue weighted by molar-refractivity contribution is 0.234. The quantitative estimate of drug-likeness (QED) is 0.756. The van der Waals surface area contributed by atoms with Crippen LogP contribution in [0.4, 0.5) is 0 Å². The Kier molecular flexibility index (Phi) is 5.52. The molecule has 1 heterocycles. The van der Waals surface area contributed by atoms with Gasteiger partial charge in [-0.1, -0.05) is 0 Å². The first-order valence-electron chi connectivity index (χ1n) is 5.72. The summed E-state index contributed by atoms with van der Waals surface area (Å²) in [5.41, 5.74) is 6.96. The smallest absolute Gasteiger partial charge is 0.0950 e. The zero-order valence-corrected chi connectivity index (χ0v) is 10.5. The van der Waals surface area contributed by atoms with Gasteiger partial charge in [-0.25, -0.2) is 0 Å². The summed E-state index contributed by atoms with van der Waals surface area (Å²) in [4.78, 5) is 4.48. The molecule has 4 nitrogen and oxygen atoms in total. The molecule has 4 heteroatoms. The summed E-state index contributed by atoms with van der Waals surface area (Å²) in [6.07, 6.45) is 4.63. The number of furan rings is 1. The predicted octanol–water partition coefficient (Wildman–Crippen LogP) is 1.16. The molecule has 0 amide bonds. The van der Waals surface area contributed by atoms with Gasteiger partial charge in [-0.15, -0.1) is 0 Å². The highest BCUT2D eigenvalue weighted by atomic mass is 16.3. The second kappa shape index (κ2) is 6.68.